The van der Waals surface area contributed by atoms with Crippen LogP contribution in [-0.2, 0) is 24.0 Å². The minimum absolute atomic E-state index is 0.0821. The Bertz CT molecular complexity index is 460. The van der Waals surface area contributed by atoms with E-state index < -0.39 is 29.3 Å². The first-order valence-corrected chi connectivity index (χ1v) is 7.51. The van der Waals surface area contributed by atoms with Gasteiger partial charge >= 0.3 is 0 Å². The second-order valence-electron chi connectivity index (χ2n) is 5.54. The van der Waals surface area contributed by atoms with Gasteiger partial charge in [0.05, 0.1) is 5.92 Å². The van der Waals surface area contributed by atoms with Crippen LogP contribution in [0.25, 0.3) is 0 Å². The van der Waals surface area contributed by atoms with Crippen molar-refractivity contribution in [1.29, 1.82) is 0 Å². The first-order valence-electron chi connectivity index (χ1n) is 7.51. The Hall–Kier alpha value is -2.05. The highest BCUT2D eigenvalue weighted by molar-refractivity contribution is 6.21. The molecular formula is C15H22N2O5. The third-order valence-corrected chi connectivity index (χ3v) is 3.66. The number of nitrogens with two attached hydrogens (primary N) is 1. The molecule has 1 aliphatic heterocycles. The van der Waals surface area contributed by atoms with Crippen molar-refractivity contribution in [2.75, 3.05) is 6.54 Å². The Morgan fingerprint density at radius 1 is 1.18 bits per heavy atom. The Morgan fingerprint density at radius 2 is 1.77 bits per heavy atom. The molecule has 2 amide bonds. The van der Waals surface area contributed by atoms with E-state index in [0.717, 1.165) is 19.4 Å². The highest BCUT2D eigenvalue weighted by Crippen LogP contribution is 2.24. The largest absolute Gasteiger partial charge is 0.369 e. The van der Waals surface area contributed by atoms with Crippen LogP contribution in [0.3, 0.4) is 0 Å². The zero-order valence-corrected chi connectivity index (χ0v) is 12.7. The van der Waals surface area contributed by atoms with Gasteiger partial charge < -0.3 is 11.1 Å². The maximum atomic E-state index is 11.6. The number of primary amides is 1. The van der Waals surface area contributed by atoms with Crippen molar-refractivity contribution in [3.8, 4) is 0 Å². The minimum Gasteiger partial charge on any atom is -0.369 e. The fourth-order valence-corrected chi connectivity index (χ4v) is 2.49. The van der Waals surface area contributed by atoms with E-state index in [-0.39, 0.29) is 31.0 Å². The van der Waals surface area contributed by atoms with Crippen molar-refractivity contribution in [1.82, 2.24) is 5.32 Å². The van der Waals surface area contributed by atoms with Crippen LogP contribution in [0, 0.1) is 11.8 Å². The average Bonchev–Trinajstić information content (AvgIpc) is 2.90. The maximum Gasteiger partial charge on any atom is 0.221 e. The smallest absolute Gasteiger partial charge is 0.221 e. The molecule has 0 spiro atoms. The van der Waals surface area contributed by atoms with E-state index in [1.807, 2.05) is 6.92 Å². The molecule has 7 nitrogen and oxygen atoms in total. The Labute approximate surface area is 129 Å². The molecule has 22 heavy (non-hydrogen) atoms. The zero-order valence-electron chi connectivity index (χ0n) is 12.7. The van der Waals surface area contributed by atoms with Gasteiger partial charge in [0.2, 0.25) is 11.8 Å². The lowest BCUT2D eigenvalue weighted by Crippen LogP contribution is -2.42. The summed E-state index contributed by atoms with van der Waals surface area (Å²) >= 11 is 0. The highest BCUT2D eigenvalue weighted by atomic mass is 16.2. The van der Waals surface area contributed by atoms with Gasteiger partial charge in [-0.05, 0) is 12.8 Å². The standard InChI is InChI=1S/C11H15NO4.C4H7NO/c1-2-3-7(13)10-8(14)4-6(11(12)16)5-9(10)15;6-4-2-1-3-5-4/h6,10H,2-5H2,1H3,(H2,12,16);1-3H2,(H,5,6). The number of rotatable bonds is 4. The second kappa shape index (κ2) is 8.41. The highest BCUT2D eigenvalue weighted by Gasteiger charge is 2.40. The molecule has 1 saturated carbocycles. The van der Waals surface area contributed by atoms with Gasteiger partial charge in [-0.25, -0.2) is 0 Å². The van der Waals surface area contributed by atoms with E-state index in [9.17, 15) is 24.0 Å². The predicted molar refractivity (Wildman–Crippen MR) is 77.6 cm³/mol. The molecule has 0 atom stereocenters. The number of hydrogen-bond acceptors (Lipinski definition) is 5. The topological polar surface area (TPSA) is 123 Å². The Morgan fingerprint density at radius 3 is 2.09 bits per heavy atom. The quantitative estimate of drug-likeness (QED) is 0.702. The van der Waals surface area contributed by atoms with E-state index >= 15 is 0 Å². The van der Waals surface area contributed by atoms with Crippen molar-refractivity contribution >= 4 is 29.2 Å². The van der Waals surface area contributed by atoms with Gasteiger partial charge in [0.15, 0.2) is 17.3 Å². The molecule has 2 rings (SSSR count). The van der Waals surface area contributed by atoms with Crippen LogP contribution in [0.4, 0.5) is 0 Å². The van der Waals surface area contributed by atoms with Gasteiger partial charge in [0.1, 0.15) is 5.92 Å². The molecule has 0 aromatic carbocycles. The second-order valence-corrected chi connectivity index (χ2v) is 5.54. The summed E-state index contributed by atoms with van der Waals surface area (Å²) in [6.45, 7) is 2.70. The molecular weight excluding hydrogens is 288 g/mol. The number of carbonyl (C=O) groups is 5. The first-order chi connectivity index (χ1) is 10.4. The summed E-state index contributed by atoms with van der Waals surface area (Å²) in [6.07, 6.45) is 2.43. The molecule has 7 heteroatoms. The number of amides is 2. The molecule has 1 aliphatic carbocycles. The number of ketones is 3. The molecule has 1 saturated heterocycles. The molecule has 1 heterocycles. The summed E-state index contributed by atoms with van der Waals surface area (Å²) in [7, 11) is 0. The zero-order chi connectivity index (χ0) is 16.7. The number of nitrogens with one attached hydrogen (secondary N) is 1. The van der Waals surface area contributed by atoms with Crippen molar-refractivity contribution < 1.29 is 24.0 Å². The molecule has 3 N–H and O–H groups in total. The van der Waals surface area contributed by atoms with Gasteiger partial charge in [-0.2, -0.15) is 0 Å². The minimum atomic E-state index is -1.14. The Kier molecular flexibility index (Phi) is 6.88. The van der Waals surface area contributed by atoms with Crippen molar-refractivity contribution in [3.05, 3.63) is 0 Å². The lowest BCUT2D eigenvalue weighted by Gasteiger charge is -2.23. The van der Waals surface area contributed by atoms with Crippen LogP contribution in [0.1, 0.15) is 45.4 Å². The van der Waals surface area contributed by atoms with Gasteiger partial charge in [-0.1, -0.05) is 6.92 Å². The van der Waals surface area contributed by atoms with Gasteiger partial charge in [0, 0.05) is 32.2 Å². The summed E-state index contributed by atoms with van der Waals surface area (Å²) in [5.41, 5.74) is 5.04. The predicted octanol–water partition coefficient (Wildman–Crippen LogP) is -0.0983. The fraction of sp³-hybridized carbons (Fsp3) is 0.667. The SMILES string of the molecule is CCCC(=O)C1C(=O)CC(C(N)=O)CC1=O.O=C1CCCN1. The summed E-state index contributed by atoms with van der Waals surface area (Å²) in [5, 5.41) is 2.68. The van der Waals surface area contributed by atoms with Crippen LogP contribution in [0.5, 0.6) is 0 Å². The van der Waals surface area contributed by atoms with Crippen molar-refractivity contribution in [3.63, 3.8) is 0 Å². The molecule has 0 bridgehead atoms. The lowest BCUT2D eigenvalue weighted by atomic mass is 9.77. The van der Waals surface area contributed by atoms with Crippen molar-refractivity contribution in [2.45, 2.75) is 45.4 Å². The van der Waals surface area contributed by atoms with E-state index in [1.54, 1.807) is 0 Å². The van der Waals surface area contributed by atoms with Crippen LogP contribution in [0.2, 0.25) is 0 Å². The number of hydrogen-bond donors (Lipinski definition) is 2. The average molecular weight is 310 g/mol. The van der Waals surface area contributed by atoms with Gasteiger partial charge in [-0.3, -0.25) is 24.0 Å². The number of carbonyl (C=O) groups excluding carboxylic acids is 5. The van der Waals surface area contributed by atoms with Crippen LogP contribution < -0.4 is 11.1 Å². The monoisotopic (exact) mass is 310 g/mol. The molecule has 2 fully saturated rings. The summed E-state index contributed by atoms with van der Waals surface area (Å²) in [4.78, 5) is 55.7. The van der Waals surface area contributed by atoms with E-state index in [1.165, 1.54) is 0 Å². The lowest BCUT2D eigenvalue weighted by molar-refractivity contribution is -0.146. The fourth-order valence-electron chi connectivity index (χ4n) is 2.49. The third kappa shape index (κ3) is 5.05. The molecule has 122 valence electrons. The Balaban J connectivity index is 0.000000335. The van der Waals surface area contributed by atoms with Crippen molar-refractivity contribution in [2.24, 2.45) is 17.6 Å². The first kappa shape index (κ1) is 18.0. The van der Waals surface area contributed by atoms with E-state index in [0.29, 0.717) is 6.42 Å². The summed E-state index contributed by atoms with van der Waals surface area (Å²) < 4.78 is 0. The molecule has 0 aromatic heterocycles. The van der Waals surface area contributed by atoms with Crippen LogP contribution in [0.15, 0.2) is 0 Å². The molecule has 0 unspecified atom stereocenters. The normalized spacial score (nSPS) is 24.3. The van der Waals surface area contributed by atoms with E-state index in [2.05, 4.69) is 5.32 Å². The maximum absolute atomic E-state index is 11.6. The summed E-state index contributed by atoms with van der Waals surface area (Å²) in [6, 6.07) is 0. The summed E-state index contributed by atoms with van der Waals surface area (Å²) in [5.74, 6) is -3.57. The molecule has 2 aliphatic rings. The van der Waals surface area contributed by atoms with E-state index in [4.69, 9.17) is 5.73 Å². The van der Waals surface area contributed by atoms with Crippen LogP contribution in [-0.4, -0.2) is 35.7 Å². The van der Waals surface area contributed by atoms with Crippen LogP contribution >= 0.6 is 0 Å². The molecule has 0 radical (unpaired) electrons. The van der Waals surface area contributed by atoms with Gasteiger partial charge in [-0.15, -0.1) is 0 Å². The number of Topliss-reactive ketones (excluding diaryl/α,β-unsaturated/α-hetero) is 3. The van der Waals surface area contributed by atoms with Gasteiger partial charge in [0.25, 0.3) is 0 Å². The third-order valence-electron chi connectivity index (χ3n) is 3.66. The molecule has 0 aromatic rings.